The maximum Gasteiger partial charge on any atom is 0.0540 e. The molecule has 0 saturated carbocycles. The molecule has 0 aliphatic carbocycles. The molecule has 0 unspecified atom stereocenters. The van der Waals surface area contributed by atoms with Crippen LogP contribution >= 0.6 is 0 Å². The minimum atomic E-state index is 1.10. The van der Waals surface area contributed by atoms with Gasteiger partial charge in [-0.2, -0.15) is 0 Å². The van der Waals surface area contributed by atoms with Crippen molar-refractivity contribution >= 4 is 70.9 Å². The molecule has 0 N–H and O–H groups in total. The highest BCUT2D eigenvalue weighted by Gasteiger charge is 2.24. The van der Waals surface area contributed by atoms with Gasteiger partial charge in [-0.1, -0.05) is 212 Å². The maximum atomic E-state index is 2.47. The molecule has 0 aromatic heterocycles. The predicted molar refractivity (Wildman–Crippen MR) is 270 cm³/mol. The standard InChI is InChI=1S/C62H41N/c1-4-20-44(21-5-1)56-41-57(45-22-6-2-7-23-45)61-54-32-15-14-30-52(54)58-40-49(37-38-55(58)62(61)60(56)46-25-8-3-9-26-46)63(48-36-35-42-19-10-11-27-47(42)39-48)59-34-17-16-31-53(59)51-33-18-28-43-24-12-13-29-50(43)51/h1-41H. The first-order valence-electron chi connectivity index (χ1n) is 21.8. The van der Waals surface area contributed by atoms with Crippen molar-refractivity contribution in [2.75, 3.05) is 4.90 Å². The average molecular weight is 800 g/mol. The van der Waals surface area contributed by atoms with Crippen molar-refractivity contribution < 1.29 is 0 Å². The van der Waals surface area contributed by atoms with Gasteiger partial charge in [0.15, 0.2) is 0 Å². The Bertz CT molecular complexity index is 3660. The SMILES string of the molecule is c1ccc(-c2cc(-c3ccccc3)c3c4ccccc4c4cc(N(c5ccc6ccccc6c5)c5ccccc5-c5cccc6ccccc56)ccc4c3c2-c2ccccc2)cc1. The molecule has 12 rings (SSSR count). The normalized spacial score (nSPS) is 11.5. The molecule has 0 aliphatic rings. The highest BCUT2D eigenvalue weighted by Crippen LogP contribution is 2.51. The second-order valence-corrected chi connectivity index (χ2v) is 16.4. The second-order valence-electron chi connectivity index (χ2n) is 16.4. The number of anilines is 3. The lowest BCUT2D eigenvalue weighted by atomic mass is 9.81. The van der Waals surface area contributed by atoms with Crippen LogP contribution in [-0.2, 0) is 0 Å². The average Bonchev–Trinajstić information content (AvgIpc) is 3.36. The number of benzene rings is 12. The fourth-order valence-corrected chi connectivity index (χ4v) is 9.98. The van der Waals surface area contributed by atoms with E-state index in [9.17, 15) is 0 Å². The lowest BCUT2D eigenvalue weighted by Gasteiger charge is -2.29. The van der Waals surface area contributed by atoms with Crippen LogP contribution < -0.4 is 4.90 Å². The molecule has 0 atom stereocenters. The molecular formula is C62H41N. The molecule has 294 valence electrons. The lowest BCUT2D eigenvalue weighted by molar-refractivity contribution is 1.30. The van der Waals surface area contributed by atoms with E-state index >= 15 is 0 Å². The van der Waals surface area contributed by atoms with Crippen LogP contribution in [-0.4, -0.2) is 0 Å². The first kappa shape index (κ1) is 36.6. The zero-order valence-electron chi connectivity index (χ0n) is 34.6. The molecule has 1 nitrogen and oxygen atoms in total. The second kappa shape index (κ2) is 15.3. The maximum absolute atomic E-state index is 2.47. The van der Waals surface area contributed by atoms with Gasteiger partial charge in [0.05, 0.1) is 5.69 Å². The Kier molecular flexibility index (Phi) is 8.90. The van der Waals surface area contributed by atoms with E-state index in [4.69, 9.17) is 0 Å². The topological polar surface area (TPSA) is 3.24 Å². The smallest absolute Gasteiger partial charge is 0.0540 e. The van der Waals surface area contributed by atoms with Crippen molar-refractivity contribution in [3.8, 4) is 44.5 Å². The number of rotatable bonds is 7. The Hall–Kier alpha value is -8.26. The van der Waals surface area contributed by atoms with Crippen LogP contribution in [0.25, 0.3) is 98.4 Å². The van der Waals surface area contributed by atoms with Gasteiger partial charge < -0.3 is 4.90 Å². The Balaban J connectivity index is 1.21. The summed E-state index contributed by atoms with van der Waals surface area (Å²) in [6.07, 6.45) is 0. The van der Waals surface area contributed by atoms with Crippen LogP contribution in [0, 0.1) is 0 Å². The van der Waals surface area contributed by atoms with E-state index in [0.717, 1.165) is 17.1 Å². The fraction of sp³-hybridized carbons (Fsp3) is 0. The summed E-state index contributed by atoms with van der Waals surface area (Å²) in [5.41, 5.74) is 13.0. The van der Waals surface area contributed by atoms with E-state index in [1.54, 1.807) is 0 Å². The summed E-state index contributed by atoms with van der Waals surface area (Å²) in [7, 11) is 0. The summed E-state index contributed by atoms with van der Waals surface area (Å²) in [5, 5.41) is 12.3. The van der Waals surface area contributed by atoms with Gasteiger partial charge in [-0.25, -0.2) is 0 Å². The number of nitrogens with zero attached hydrogens (tertiary/aromatic N) is 1. The number of hydrogen-bond donors (Lipinski definition) is 0. The summed E-state index contributed by atoms with van der Waals surface area (Å²) in [6, 6.07) is 91.2. The zero-order valence-corrected chi connectivity index (χ0v) is 34.6. The van der Waals surface area contributed by atoms with Crippen molar-refractivity contribution in [3.05, 3.63) is 249 Å². The van der Waals surface area contributed by atoms with Gasteiger partial charge in [0, 0.05) is 16.9 Å². The van der Waals surface area contributed by atoms with Gasteiger partial charge in [0.2, 0.25) is 0 Å². The molecule has 0 fully saturated rings. The van der Waals surface area contributed by atoms with Crippen LogP contribution in [0.4, 0.5) is 17.1 Å². The molecule has 0 spiro atoms. The van der Waals surface area contributed by atoms with Crippen LogP contribution in [0.2, 0.25) is 0 Å². The lowest BCUT2D eigenvalue weighted by Crippen LogP contribution is -2.11. The molecule has 0 amide bonds. The minimum absolute atomic E-state index is 1.10. The van der Waals surface area contributed by atoms with Crippen LogP contribution in [0.1, 0.15) is 0 Å². The molecule has 0 heterocycles. The van der Waals surface area contributed by atoms with Crippen molar-refractivity contribution in [2.45, 2.75) is 0 Å². The quantitative estimate of drug-likeness (QED) is 0.145. The Morgan fingerprint density at radius 3 is 1.52 bits per heavy atom. The van der Waals surface area contributed by atoms with Gasteiger partial charge in [0.1, 0.15) is 0 Å². The summed E-state index contributed by atoms with van der Waals surface area (Å²) >= 11 is 0. The highest BCUT2D eigenvalue weighted by atomic mass is 15.1. The summed E-state index contributed by atoms with van der Waals surface area (Å²) in [4.78, 5) is 2.47. The predicted octanol–water partition coefficient (Wildman–Crippen LogP) is 17.6. The summed E-state index contributed by atoms with van der Waals surface area (Å²) < 4.78 is 0. The third-order valence-electron chi connectivity index (χ3n) is 12.8. The molecule has 0 saturated heterocycles. The number of fused-ring (bicyclic) bond motifs is 8. The first-order valence-corrected chi connectivity index (χ1v) is 21.8. The molecule has 0 radical (unpaired) electrons. The Morgan fingerprint density at radius 1 is 0.238 bits per heavy atom. The van der Waals surface area contributed by atoms with E-state index < -0.39 is 0 Å². The van der Waals surface area contributed by atoms with E-state index in [-0.39, 0.29) is 0 Å². The molecule has 63 heavy (non-hydrogen) atoms. The molecule has 0 aliphatic heterocycles. The van der Waals surface area contributed by atoms with Crippen molar-refractivity contribution in [1.29, 1.82) is 0 Å². The van der Waals surface area contributed by atoms with Crippen LogP contribution in [0.3, 0.4) is 0 Å². The van der Waals surface area contributed by atoms with E-state index in [1.807, 2.05) is 0 Å². The summed E-state index contributed by atoms with van der Waals surface area (Å²) in [6.45, 7) is 0. The Morgan fingerprint density at radius 2 is 0.762 bits per heavy atom. The van der Waals surface area contributed by atoms with Crippen LogP contribution in [0.5, 0.6) is 0 Å². The number of hydrogen-bond acceptors (Lipinski definition) is 1. The first-order chi connectivity index (χ1) is 31.3. The van der Waals surface area contributed by atoms with Gasteiger partial charge in [-0.15, -0.1) is 0 Å². The highest BCUT2D eigenvalue weighted by molar-refractivity contribution is 6.33. The summed E-state index contributed by atoms with van der Waals surface area (Å²) in [5.74, 6) is 0. The molecule has 1 heteroatoms. The van der Waals surface area contributed by atoms with Gasteiger partial charge in [0.25, 0.3) is 0 Å². The van der Waals surface area contributed by atoms with E-state index in [2.05, 4.69) is 254 Å². The van der Waals surface area contributed by atoms with Crippen molar-refractivity contribution in [1.82, 2.24) is 0 Å². The van der Waals surface area contributed by atoms with E-state index in [0.29, 0.717) is 0 Å². The zero-order chi connectivity index (χ0) is 41.7. The van der Waals surface area contributed by atoms with Gasteiger partial charge >= 0.3 is 0 Å². The van der Waals surface area contributed by atoms with Crippen molar-refractivity contribution in [3.63, 3.8) is 0 Å². The fourth-order valence-electron chi connectivity index (χ4n) is 9.98. The van der Waals surface area contributed by atoms with Crippen molar-refractivity contribution in [2.24, 2.45) is 0 Å². The van der Waals surface area contributed by atoms with Gasteiger partial charge in [-0.3, -0.25) is 0 Å². The molecular weight excluding hydrogens is 759 g/mol. The van der Waals surface area contributed by atoms with Crippen LogP contribution in [0.15, 0.2) is 249 Å². The Labute approximate surface area is 367 Å². The molecule has 12 aromatic rings. The molecule has 12 aromatic carbocycles. The molecule has 0 bridgehead atoms. The van der Waals surface area contributed by atoms with Gasteiger partial charge in [-0.05, 0) is 129 Å². The van der Waals surface area contributed by atoms with E-state index in [1.165, 1.54) is 98.4 Å². The largest absolute Gasteiger partial charge is 0.310 e. The number of para-hydroxylation sites is 1. The minimum Gasteiger partial charge on any atom is -0.310 e. The monoisotopic (exact) mass is 799 g/mol. The third kappa shape index (κ3) is 6.25. The third-order valence-corrected chi connectivity index (χ3v) is 12.8.